The molecule has 72 valence electrons. The summed E-state index contributed by atoms with van der Waals surface area (Å²) in [6.07, 6.45) is 4.61. The molecule has 0 aromatic rings. The van der Waals surface area contributed by atoms with Crippen LogP contribution in [0.1, 0.15) is 32.1 Å². The molecule has 0 amide bonds. The molecule has 2 aliphatic rings. The van der Waals surface area contributed by atoms with Gasteiger partial charge in [0.2, 0.25) is 5.79 Å². The molecule has 1 aliphatic carbocycles. The Kier molecular flexibility index (Phi) is 2.07. The van der Waals surface area contributed by atoms with E-state index in [-0.39, 0.29) is 6.61 Å². The van der Waals surface area contributed by atoms with Crippen LogP contribution in [-0.2, 0) is 19.1 Å². The molecule has 0 N–H and O–H groups in total. The summed E-state index contributed by atoms with van der Waals surface area (Å²) in [5.41, 5.74) is 0. The molecule has 4 heteroatoms. The van der Waals surface area contributed by atoms with E-state index in [4.69, 9.17) is 9.47 Å². The van der Waals surface area contributed by atoms with Gasteiger partial charge in [-0.2, -0.15) is 0 Å². The van der Waals surface area contributed by atoms with Crippen molar-refractivity contribution in [1.29, 1.82) is 0 Å². The molecule has 0 aromatic carbocycles. The number of hydrogen-bond acceptors (Lipinski definition) is 4. The first-order valence-electron chi connectivity index (χ1n) is 4.62. The van der Waals surface area contributed by atoms with Crippen molar-refractivity contribution in [3.05, 3.63) is 0 Å². The Hall–Kier alpha value is -0.900. The number of carbonyl (C=O) groups is 2. The molecular weight excluding hydrogens is 172 g/mol. The zero-order valence-corrected chi connectivity index (χ0v) is 7.38. The fraction of sp³-hybridized carbons (Fsp3) is 0.778. The maximum absolute atomic E-state index is 11.0. The number of esters is 1. The van der Waals surface area contributed by atoms with E-state index in [0.29, 0.717) is 0 Å². The lowest BCUT2D eigenvalue weighted by Gasteiger charge is -2.38. The molecule has 13 heavy (non-hydrogen) atoms. The van der Waals surface area contributed by atoms with Crippen LogP contribution < -0.4 is 0 Å². The largest absolute Gasteiger partial charge is 0.427 e. The molecule has 2 fully saturated rings. The first-order chi connectivity index (χ1) is 6.22. The van der Waals surface area contributed by atoms with Crippen LogP contribution in [0.25, 0.3) is 0 Å². The molecule has 4 nitrogen and oxygen atoms in total. The molecule has 1 saturated heterocycles. The Morgan fingerprint density at radius 1 is 1.08 bits per heavy atom. The van der Waals surface area contributed by atoms with Crippen LogP contribution >= 0.6 is 0 Å². The van der Waals surface area contributed by atoms with Crippen LogP contribution in [0.15, 0.2) is 0 Å². The van der Waals surface area contributed by atoms with Crippen molar-refractivity contribution >= 4 is 11.8 Å². The molecule has 0 unspecified atom stereocenters. The molecule has 0 bridgehead atoms. The molecule has 1 heterocycles. The van der Waals surface area contributed by atoms with Crippen molar-refractivity contribution in [2.24, 2.45) is 0 Å². The third kappa shape index (κ3) is 1.58. The highest BCUT2D eigenvalue weighted by Crippen LogP contribution is 2.34. The highest BCUT2D eigenvalue weighted by atomic mass is 16.7. The van der Waals surface area contributed by atoms with E-state index < -0.39 is 17.5 Å². The average molecular weight is 184 g/mol. The maximum Gasteiger partial charge on any atom is 0.379 e. The summed E-state index contributed by atoms with van der Waals surface area (Å²) in [6, 6.07) is 0. The highest BCUT2D eigenvalue weighted by Gasteiger charge is 2.43. The Labute approximate surface area is 76.2 Å². The summed E-state index contributed by atoms with van der Waals surface area (Å²) >= 11 is 0. The second-order valence-electron chi connectivity index (χ2n) is 3.57. The fourth-order valence-electron chi connectivity index (χ4n) is 1.85. The van der Waals surface area contributed by atoms with Gasteiger partial charge < -0.3 is 9.47 Å². The van der Waals surface area contributed by atoms with Crippen molar-refractivity contribution in [2.75, 3.05) is 6.61 Å². The van der Waals surface area contributed by atoms with Crippen LogP contribution in [0.5, 0.6) is 0 Å². The van der Waals surface area contributed by atoms with E-state index in [1.165, 1.54) is 0 Å². The van der Waals surface area contributed by atoms with Gasteiger partial charge in [0.1, 0.15) is 6.61 Å². The van der Waals surface area contributed by atoms with E-state index in [2.05, 4.69) is 0 Å². The molecule has 0 atom stereocenters. The predicted octanol–water partition coefficient (Wildman–Crippen LogP) is 0.789. The van der Waals surface area contributed by atoms with Crippen molar-refractivity contribution in [3.8, 4) is 0 Å². The first kappa shape index (κ1) is 8.69. The number of Topliss-reactive ketones (excluding diaryl/α,β-unsaturated/α-hetero) is 1. The van der Waals surface area contributed by atoms with Crippen LogP contribution in [0.4, 0.5) is 0 Å². The summed E-state index contributed by atoms with van der Waals surface area (Å²) < 4.78 is 10.3. The van der Waals surface area contributed by atoms with Crippen molar-refractivity contribution in [1.82, 2.24) is 0 Å². The fourth-order valence-corrected chi connectivity index (χ4v) is 1.85. The highest BCUT2D eigenvalue weighted by molar-refractivity contribution is 6.34. The summed E-state index contributed by atoms with van der Waals surface area (Å²) in [5, 5.41) is 0. The molecule has 1 spiro atoms. The minimum Gasteiger partial charge on any atom is -0.427 e. The zero-order valence-electron chi connectivity index (χ0n) is 7.38. The Morgan fingerprint density at radius 3 is 2.38 bits per heavy atom. The van der Waals surface area contributed by atoms with Crippen LogP contribution in [0.3, 0.4) is 0 Å². The summed E-state index contributed by atoms with van der Waals surface area (Å²) in [7, 11) is 0. The maximum atomic E-state index is 11.0. The third-order valence-corrected chi connectivity index (χ3v) is 2.59. The monoisotopic (exact) mass is 184 g/mol. The van der Waals surface area contributed by atoms with E-state index in [9.17, 15) is 9.59 Å². The predicted molar refractivity (Wildman–Crippen MR) is 42.9 cm³/mol. The number of ketones is 1. The van der Waals surface area contributed by atoms with Crippen molar-refractivity contribution in [3.63, 3.8) is 0 Å². The lowest BCUT2D eigenvalue weighted by Crippen LogP contribution is -2.48. The zero-order chi connectivity index (χ0) is 9.31. The summed E-state index contributed by atoms with van der Waals surface area (Å²) in [5.74, 6) is -2.06. The smallest absolute Gasteiger partial charge is 0.379 e. The topological polar surface area (TPSA) is 52.6 Å². The van der Waals surface area contributed by atoms with Crippen LogP contribution in [0, 0.1) is 0 Å². The molecule has 0 radical (unpaired) electrons. The minimum atomic E-state index is -0.761. The SMILES string of the molecule is O=C1COC2(CCCCC2)OC1=O. The standard InChI is InChI=1S/C9H12O4/c10-7-6-12-9(13-8(7)11)4-2-1-3-5-9/h1-6H2. The average Bonchev–Trinajstić information content (AvgIpc) is 2.14. The van der Waals surface area contributed by atoms with Gasteiger partial charge in [-0.25, -0.2) is 4.79 Å². The third-order valence-electron chi connectivity index (χ3n) is 2.59. The van der Waals surface area contributed by atoms with E-state index in [1.54, 1.807) is 0 Å². The molecular formula is C9H12O4. The lowest BCUT2D eigenvalue weighted by molar-refractivity contribution is -0.256. The van der Waals surface area contributed by atoms with Gasteiger partial charge in [0, 0.05) is 12.8 Å². The molecule has 0 aromatic heterocycles. The van der Waals surface area contributed by atoms with Crippen LogP contribution in [-0.4, -0.2) is 24.1 Å². The number of rotatable bonds is 0. The first-order valence-corrected chi connectivity index (χ1v) is 4.62. The Bertz CT molecular complexity index is 240. The molecule has 1 aliphatic heterocycles. The lowest BCUT2D eigenvalue weighted by atomic mass is 9.93. The number of carbonyl (C=O) groups excluding carboxylic acids is 2. The molecule has 2 rings (SSSR count). The van der Waals surface area contributed by atoms with E-state index >= 15 is 0 Å². The van der Waals surface area contributed by atoms with Gasteiger partial charge in [-0.1, -0.05) is 6.42 Å². The van der Waals surface area contributed by atoms with Gasteiger partial charge in [0.05, 0.1) is 0 Å². The summed E-state index contributed by atoms with van der Waals surface area (Å²) in [4.78, 5) is 21.8. The Balaban J connectivity index is 2.07. The van der Waals surface area contributed by atoms with Crippen LogP contribution in [0.2, 0.25) is 0 Å². The van der Waals surface area contributed by atoms with E-state index in [1.807, 2.05) is 0 Å². The van der Waals surface area contributed by atoms with Gasteiger partial charge in [-0.05, 0) is 12.8 Å². The van der Waals surface area contributed by atoms with Crippen molar-refractivity contribution in [2.45, 2.75) is 37.9 Å². The van der Waals surface area contributed by atoms with Gasteiger partial charge in [-0.3, -0.25) is 4.79 Å². The molecule has 1 saturated carbocycles. The second kappa shape index (κ2) is 3.10. The van der Waals surface area contributed by atoms with Crippen molar-refractivity contribution < 1.29 is 19.1 Å². The minimum absolute atomic E-state index is 0.112. The Morgan fingerprint density at radius 2 is 1.77 bits per heavy atom. The number of ether oxygens (including phenoxy) is 2. The number of hydrogen-bond donors (Lipinski definition) is 0. The van der Waals surface area contributed by atoms with E-state index in [0.717, 1.165) is 32.1 Å². The van der Waals surface area contributed by atoms with Gasteiger partial charge >= 0.3 is 5.97 Å². The van der Waals surface area contributed by atoms with Gasteiger partial charge in [0.15, 0.2) is 0 Å². The normalized spacial score (nSPS) is 27.4. The van der Waals surface area contributed by atoms with Gasteiger partial charge in [-0.15, -0.1) is 0 Å². The van der Waals surface area contributed by atoms with Gasteiger partial charge in [0.25, 0.3) is 5.78 Å². The second-order valence-corrected chi connectivity index (χ2v) is 3.57. The quantitative estimate of drug-likeness (QED) is 0.412. The summed E-state index contributed by atoms with van der Waals surface area (Å²) in [6.45, 7) is -0.112.